The first-order valence-electron chi connectivity index (χ1n) is 6.73. The van der Waals surface area contributed by atoms with Gasteiger partial charge in [-0.1, -0.05) is 29.3 Å². The SMILES string of the molecule is CCCCOc1ccc(C(=O)N(C)CCCBr)cc1. The van der Waals surface area contributed by atoms with Crippen molar-refractivity contribution in [2.24, 2.45) is 0 Å². The maximum atomic E-state index is 12.1. The molecule has 4 heteroatoms. The molecule has 1 rings (SSSR count). The predicted octanol–water partition coefficient (Wildman–Crippen LogP) is 3.72. The van der Waals surface area contributed by atoms with Gasteiger partial charge in [-0.15, -0.1) is 0 Å². The molecule has 1 aromatic carbocycles. The number of rotatable bonds is 8. The van der Waals surface area contributed by atoms with Gasteiger partial charge in [0, 0.05) is 24.5 Å². The third-order valence-corrected chi connectivity index (χ3v) is 3.40. The Kier molecular flexibility index (Phi) is 7.56. The van der Waals surface area contributed by atoms with Gasteiger partial charge in [0.05, 0.1) is 6.61 Å². The third kappa shape index (κ3) is 5.64. The lowest BCUT2D eigenvalue weighted by Crippen LogP contribution is -2.27. The van der Waals surface area contributed by atoms with Gasteiger partial charge >= 0.3 is 0 Å². The van der Waals surface area contributed by atoms with Crippen LogP contribution in [0, 0.1) is 0 Å². The molecule has 0 bridgehead atoms. The highest BCUT2D eigenvalue weighted by Gasteiger charge is 2.10. The highest BCUT2D eigenvalue weighted by molar-refractivity contribution is 9.09. The second-order valence-electron chi connectivity index (χ2n) is 4.50. The number of halogens is 1. The van der Waals surface area contributed by atoms with Gasteiger partial charge < -0.3 is 9.64 Å². The van der Waals surface area contributed by atoms with Gasteiger partial charge in [0.25, 0.3) is 5.91 Å². The zero-order valence-corrected chi connectivity index (χ0v) is 13.3. The largest absolute Gasteiger partial charge is 0.494 e. The molecule has 0 aliphatic heterocycles. The van der Waals surface area contributed by atoms with Crippen molar-refractivity contribution in [2.75, 3.05) is 25.5 Å². The maximum absolute atomic E-state index is 12.1. The molecule has 0 saturated heterocycles. The van der Waals surface area contributed by atoms with Gasteiger partial charge in [-0.25, -0.2) is 0 Å². The van der Waals surface area contributed by atoms with Crippen molar-refractivity contribution in [1.82, 2.24) is 4.90 Å². The molecule has 3 nitrogen and oxygen atoms in total. The van der Waals surface area contributed by atoms with Crippen molar-refractivity contribution >= 4 is 21.8 Å². The van der Waals surface area contributed by atoms with E-state index in [0.29, 0.717) is 5.56 Å². The molecule has 0 radical (unpaired) electrons. The molecule has 0 aromatic heterocycles. The van der Waals surface area contributed by atoms with E-state index < -0.39 is 0 Å². The van der Waals surface area contributed by atoms with Gasteiger partial charge in [0.15, 0.2) is 0 Å². The Morgan fingerprint density at radius 1 is 1.26 bits per heavy atom. The number of carbonyl (C=O) groups is 1. The molecule has 106 valence electrons. The molecule has 0 saturated carbocycles. The Morgan fingerprint density at radius 3 is 2.53 bits per heavy atom. The fraction of sp³-hybridized carbons (Fsp3) is 0.533. The van der Waals surface area contributed by atoms with Crippen LogP contribution in [0.4, 0.5) is 0 Å². The van der Waals surface area contributed by atoms with Crippen LogP contribution in [0.2, 0.25) is 0 Å². The van der Waals surface area contributed by atoms with E-state index in [1.165, 1.54) is 0 Å². The minimum atomic E-state index is 0.0565. The number of amides is 1. The predicted molar refractivity (Wildman–Crippen MR) is 82.2 cm³/mol. The van der Waals surface area contributed by atoms with E-state index in [1.807, 2.05) is 31.3 Å². The number of hydrogen-bond donors (Lipinski definition) is 0. The molecule has 0 fully saturated rings. The Hall–Kier alpha value is -1.03. The van der Waals surface area contributed by atoms with E-state index >= 15 is 0 Å². The minimum Gasteiger partial charge on any atom is -0.494 e. The number of carbonyl (C=O) groups excluding carboxylic acids is 1. The van der Waals surface area contributed by atoms with Gasteiger partial charge in [-0.05, 0) is 37.1 Å². The summed E-state index contributed by atoms with van der Waals surface area (Å²) in [7, 11) is 1.83. The normalized spacial score (nSPS) is 10.3. The number of unbranched alkanes of at least 4 members (excludes halogenated alkanes) is 1. The molecular formula is C15H22BrNO2. The first-order chi connectivity index (χ1) is 9.19. The fourth-order valence-corrected chi connectivity index (χ4v) is 1.90. The van der Waals surface area contributed by atoms with E-state index in [1.54, 1.807) is 4.90 Å². The van der Waals surface area contributed by atoms with Crippen LogP contribution >= 0.6 is 15.9 Å². The highest BCUT2D eigenvalue weighted by Crippen LogP contribution is 2.14. The molecule has 0 N–H and O–H groups in total. The summed E-state index contributed by atoms with van der Waals surface area (Å²) in [6.07, 6.45) is 3.13. The Labute approximate surface area is 124 Å². The molecule has 0 unspecified atom stereocenters. The maximum Gasteiger partial charge on any atom is 0.253 e. The van der Waals surface area contributed by atoms with Crippen molar-refractivity contribution in [3.8, 4) is 5.75 Å². The Morgan fingerprint density at radius 2 is 1.95 bits per heavy atom. The molecule has 1 amide bonds. The summed E-state index contributed by atoms with van der Waals surface area (Å²) in [4.78, 5) is 13.8. The van der Waals surface area contributed by atoms with Crippen molar-refractivity contribution in [3.05, 3.63) is 29.8 Å². The number of alkyl halides is 1. The van der Waals surface area contributed by atoms with Crippen molar-refractivity contribution in [2.45, 2.75) is 26.2 Å². The quantitative estimate of drug-likeness (QED) is 0.538. The summed E-state index contributed by atoms with van der Waals surface area (Å²) in [5, 5.41) is 0.912. The van der Waals surface area contributed by atoms with Gasteiger partial charge in [-0.2, -0.15) is 0 Å². The first kappa shape index (κ1) is 16.0. The zero-order valence-electron chi connectivity index (χ0n) is 11.7. The number of hydrogen-bond acceptors (Lipinski definition) is 2. The monoisotopic (exact) mass is 327 g/mol. The van der Waals surface area contributed by atoms with Crippen molar-refractivity contribution in [3.63, 3.8) is 0 Å². The average Bonchev–Trinajstić information content (AvgIpc) is 2.45. The van der Waals surface area contributed by atoms with Gasteiger partial charge in [0.1, 0.15) is 5.75 Å². The second-order valence-corrected chi connectivity index (χ2v) is 5.29. The highest BCUT2D eigenvalue weighted by atomic mass is 79.9. The lowest BCUT2D eigenvalue weighted by Gasteiger charge is -2.16. The van der Waals surface area contributed by atoms with Crippen molar-refractivity contribution in [1.29, 1.82) is 0 Å². The molecule has 0 spiro atoms. The summed E-state index contributed by atoms with van der Waals surface area (Å²) in [5.74, 6) is 0.883. The standard InChI is InChI=1S/C15H22BrNO2/c1-3-4-12-19-14-8-6-13(7-9-14)15(18)17(2)11-5-10-16/h6-9H,3-5,10-12H2,1-2H3. The van der Waals surface area contributed by atoms with Crippen LogP contribution in [0.1, 0.15) is 36.5 Å². The topological polar surface area (TPSA) is 29.5 Å². The van der Waals surface area contributed by atoms with Crippen LogP contribution in [0.25, 0.3) is 0 Å². The minimum absolute atomic E-state index is 0.0565. The Bertz CT molecular complexity index is 378. The number of ether oxygens (including phenoxy) is 1. The summed E-state index contributed by atoms with van der Waals surface area (Å²) in [6, 6.07) is 7.38. The van der Waals surface area contributed by atoms with Gasteiger partial charge in [0.2, 0.25) is 0 Å². The van der Waals surface area contributed by atoms with Crippen LogP contribution in [-0.2, 0) is 0 Å². The molecule has 0 heterocycles. The van der Waals surface area contributed by atoms with Crippen LogP contribution < -0.4 is 4.74 Å². The van der Waals surface area contributed by atoms with Crippen LogP contribution in [-0.4, -0.2) is 36.3 Å². The number of benzene rings is 1. The molecular weight excluding hydrogens is 306 g/mol. The van der Waals surface area contributed by atoms with Crippen molar-refractivity contribution < 1.29 is 9.53 Å². The zero-order chi connectivity index (χ0) is 14.1. The summed E-state index contributed by atoms with van der Waals surface area (Å²) < 4.78 is 5.58. The molecule has 0 atom stereocenters. The molecule has 19 heavy (non-hydrogen) atoms. The molecule has 1 aromatic rings. The smallest absolute Gasteiger partial charge is 0.253 e. The van der Waals surface area contributed by atoms with E-state index in [4.69, 9.17) is 4.74 Å². The summed E-state index contributed by atoms with van der Waals surface area (Å²) in [5.41, 5.74) is 0.708. The lowest BCUT2D eigenvalue weighted by atomic mass is 10.2. The fourth-order valence-electron chi connectivity index (χ4n) is 1.65. The van der Waals surface area contributed by atoms with Crippen LogP contribution in [0.5, 0.6) is 5.75 Å². The first-order valence-corrected chi connectivity index (χ1v) is 7.85. The van der Waals surface area contributed by atoms with E-state index in [0.717, 1.165) is 43.5 Å². The van der Waals surface area contributed by atoms with Crippen LogP contribution in [0.3, 0.4) is 0 Å². The van der Waals surface area contributed by atoms with Crippen LogP contribution in [0.15, 0.2) is 24.3 Å². The van der Waals surface area contributed by atoms with E-state index in [-0.39, 0.29) is 5.91 Å². The van der Waals surface area contributed by atoms with E-state index in [2.05, 4.69) is 22.9 Å². The molecule has 0 aliphatic rings. The second kappa shape index (κ2) is 8.97. The van der Waals surface area contributed by atoms with E-state index in [9.17, 15) is 4.79 Å². The van der Waals surface area contributed by atoms with Gasteiger partial charge in [-0.3, -0.25) is 4.79 Å². The number of nitrogens with zero attached hydrogens (tertiary/aromatic N) is 1. The summed E-state index contributed by atoms with van der Waals surface area (Å²) in [6.45, 7) is 3.63. The third-order valence-electron chi connectivity index (χ3n) is 2.84. The lowest BCUT2D eigenvalue weighted by molar-refractivity contribution is 0.0795. The molecule has 0 aliphatic carbocycles. The average molecular weight is 328 g/mol. The summed E-state index contributed by atoms with van der Waals surface area (Å²) >= 11 is 3.37. The Balaban J connectivity index is 2.52.